The van der Waals surface area contributed by atoms with Gasteiger partial charge in [0.1, 0.15) is 0 Å². The SMILES string of the molecule is CC(C)(C)OC[C@@H](O)CN1CCN(S(=O)(=O)c2ccc3[nH]c(=O)[nH]c3c2)CC1. The number of hydrogen-bond acceptors (Lipinski definition) is 6. The van der Waals surface area contributed by atoms with Gasteiger partial charge in [0.2, 0.25) is 10.0 Å². The summed E-state index contributed by atoms with van der Waals surface area (Å²) < 4.78 is 32.9. The van der Waals surface area contributed by atoms with E-state index in [9.17, 15) is 18.3 Å². The molecule has 156 valence electrons. The number of H-pyrrole nitrogens is 2. The fourth-order valence-electron chi connectivity index (χ4n) is 3.17. The number of nitrogens with one attached hydrogen (secondary N) is 2. The van der Waals surface area contributed by atoms with E-state index in [1.165, 1.54) is 16.4 Å². The molecule has 3 N–H and O–H groups in total. The van der Waals surface area contributed by atoms with E-state index in [2.05, 4.69) is 9.97 Å². The molecule has 1 aliphatic rings. The summed E-state index contributed by atoms with van der Waals surface area (Å²) >= 11 is 0. The average Bonchev–Trinajstić information content (AvgIpc) is 2.99. The summed E-state index contributed by atoms with van der Waals surface area (Å²) in [7, 11) is -3.64. The second-order valence-electron chi connectivity index (χ2n) is 8.07. The number of imidazole rings is 1. The molecule has 0 bridgehead atoms. The Labute approximate surface area is 164 Å². The number of sulfonamides is 1. The highest BCUT2D eigenvalue weighted by Crippen LogP contribution is 2.20. The number of aliphatic hydroxyl groups excluding tert-OH is 1. The smallest absolute Gasteiger partial charge is 0.323 e. The minimum atomic E-state index is -3.64. The Morgan fingerprint density at radius 3 is 2.43 bits per heavy atom. The quantitative estimate of drug-likeness (QED) is 0.630. The molecule has 0 saturated carbocycles. The lowest BCUT2D eigenvalue weighted by molar-refractivity contribution is -0.0575. The Balaban J connectivity index is 1.59. The Morgan fingerprint density at radius 2 is 1.79 bits per heavy atom. The van der Waals surface area contributed by atoms with Crippen LogP contribution >= 0.6 is 0 Å². The van der Waals surface area contributed by atoms with Crippen molar-refractivity contribution < 1.29 is 18.3 Å². The van der Waals surface area contributed by atoms with Gasteiger partial charge < -0.3 is 19.8 Å². The van der Waals surface area contributed by atoms with Gasteiger partial charge in [0, 0.05) is 32.7 Å². The van der Waals surface area contributed by atoms with E-state index in [0.29, 0.717) is 43.8 Å². The zero-order valence-electron chi connectivity index (χ0n) is 16.4. The number of piperazine rings is 1. The summed E-state index contributed by atoms with van der Waals surface area (Å²) in [6, 6.07) is 4.56. The van der Waals surface area contributed by atoms with Gasteiger partial charge in [0.15, 0.2) is 0 Å². The van der Waals surface area contributed by atoms with Crippen LogP contribution in [0.4, 0.5) is 0 Å². The predicted octanol–water partition coefficient (Wildman–Crippen LogP) is 0.339. The lowest BCUT2D eigenvalue weighted by Gasteiger charge is -2.35. The van der Waals surface area contributed by atoms with Gasteiger partial charge in [0.05, 0.1) is 34.2 Å². The van der Waals surface area contributed by atoms with Crippen molar-refractivity contribution in [2.75, 3.05) is 39.3 Å². The lowest BCUT2D eigenvalue weighted by Crippen LogP contribution is -2.50. The van der Waals surface area contributed by atoms with Gasteiger partial charge in [-0.3, -0.25) is 4.90 Å². The van der Waals surface area contributed by atoms with Crippen LogP contribution in [0.15, 0.2) is 27.9 Å². The molecule has 0 radical (unpaired) electrons. The molecule has 1 aromatic carbocycles. The van der Waals surface area contributed by atoms with E-state index in [0.717, 1.165) is 0 Å². The zero-order valence-corrected chi connectivity index (χ0v) is 17.3. The monoisotopic (exact) mass is 412 g/mol. The minimum absolute atomic E-state index is 0.155. The van der Waals surface area contributed by atoms with Gasteiger partial charge in [-0.05, 0) is 39.0 Å². The lowest BCUT2D eigenvalue weighted by atomic mass is 10.2. The van der Waals surface area contributed by atoms with Gasteiger partial charge in [-0.25, -0.2) is 13.2 Å². The minimum Gasteiger partial charge on any atom is -0.389 e. The fourth-order valence-corrected chi connectivity index (χ4v) is 4.62. The molecule has 10 heteroatoms. The number of hydrogen-bond donors (Lipinski definition) is 3. The number of aromatic nitrogens is 2. The zero-order chi connectivity index (χ0) is 20.5. The molecular formula is C18H28N4O5S. The third-order valence-electron chi connectivity index (χ3n) is 4.63. The van der Waals surface area contributed by atoms with Crippen LogP contribution in [-0.4, -0.2) is 83.7 Å². The highest BCUT2D eigenvalue weighted by atomic mass is 32.2. The Hall–Kier alpha value is -1.72. The van der Waals surface area contributed by atoms with E-state index in [4.69, 9.17) is 4.74 Å². The fraction of sp³-hybridized carbons (Fsp3) is 0.611. The maximum atomic E-state index is 12.9. The Bertz CT molecular complexity index is 968. The van der Waals surface area contributed by atoms with Crippen molar-refractivity contribution in [1.82, 2.24) is 19.2 Å². The molecule has 0 spiro atoms. The van der Waals surface area contributed by atoms with E-state index in [1.54, 1.807) is 6.07 Å². The molecule has 0 amide bonds. The first-order valence-corrected chi connectivity index (χ1v) is 10.8. The molecule has 2 heterocycles. The molecule has 3 rings (SSSR count). The van der Waals surface area contributed by atoms with Crippen molar-refractivity contribution in [2.45, 2.75) is 37.4 Å². The number of rotatable bonds is 6. The van der Waals surface area contributed by atoms with Crippen LogP contribution in [0.2, 0.25) is 0 Å². The number of fused-ring (bicyclic) bond motifs is 1. The Morgan fingerprint density at radius 1 is 1.14 bits per heavy atom. The van der Waals surface area contributed by atoms with Gasteiger partial charge in [-0.15, -0.1) is 0 Å². The summed E-state index contributed by atoms with van der Waals surface area (Å²) in [4.78, 5) is 18.7. The Kier molecular flexibility index (Phi) is 5.97. The van der Waals surface area contributed by atoms with Crippen molar-refractivity contribution in [3.05, 3.63) is 28.7 Å². The normalized spacial score (nSPS) is 18.6. The van der Waals surface area contributed by atoms with Gasteiger partial charge in [-0.2, -0.15) is 4.31 Å². The second kappa shape index (κ2) is 7.96. The third kappa shape index (κ3) is 5.00. The van der Waals surface area contributed by atoms with Crippen molar-refractivity contribution in [1.29, 1.82) is 0 Å². The number of nitrogens with zero attached hydrogens (tertiary/aromatic N) is 2. The van der Waals surface area contributed by atoms with Gasteiger partial charge in [-0.1, -0.05) is 0 Å². The summed E-state index contributed by atoms with van der Waals surface area (Å²) in [5.74, 6) is 0. The van der Waals surface area contributed by atoms with E-state index in [1.807, 2.05) is 25.7 Å². The average molecular weight is 413 g/mol. The maximum absolute atomic E-state index is 12.9. The van der Waals surface area contributed by atoms with Gasteiger partial charge >= 0.3 is 5.69 Å². The molecule has 1 atom stereocenters. The van der Waals surface area contributed by atoms with Crippen LogP contribution in [-0.2, 0) is 14.8 Å². The highest BCUT2D eigenvalue weighted by Gasteiger charge is 2.29. The molecule has 1 fully saturated rings. The molecule has 1 aliphatic heterocycles. The summed E-state index contributed by atoms with van der Waals surface area (Å²) in [6.07, 6.45) is -0.616. The molecular weight excluding hydrogens is 384 g/mol. The van der Waals surface area contributed by atoms with Crippen LogP contribution in [0.25, 0.3) is 11.0 Å². The topological polar surface area (TPSA) is 119 Å². The van der Waals surface area contributed by atoms with Crippen molar-refractivity contribution in [2.24, 2.45) is 0 Å². The van der Waals surface area contributed by atoms with Crippen molar-refractivity contribution >= 4 is 21.1 Å². The largest absolute Gasteiger partial charge is 0.389 e. The summed E-state index contributed by atoms with van der Waals surface area (Å²) in [5, 5.41) is 10.1. The first kappa shape index (κ1) is 21.0. The molecule has 1 aromatic heterocycles. The van der Waals surface area contributed by atoms with Crippen LogP contribution in [0.1, 0.15) is 20.8 Å². The van der Waals surface area contributed by atoms with Gasteiger partial charge in [0.25, 0.3) is 0 Å². The molecule has 28 heavy (non-hydrogen) atoms. The molecule has 0 aliphatic carbocycles. The van der Waals surface area contributed by atoms with Crippen LogP contribution in [0, 0.1) is 0 Å². The number of aliphatic hydroxyl groups is 1. The molecule has 9 nitrogen and oxygen atoms in total. The molecule has 0 unspecified atom stereocenters. The third-order valence-corrected chi connectivity index (χ3v) is 6.53. The van der Waals surface area contributed by atoms with Crippen molar-refractivity contribution in [3.8, 4) is 0 Å². The summed E-state index contributed by atoms with van der Waals surface area (Å²) in [6.45, 7) is 8.26. The first-order valence-electron chi connectivity index (χ1n) is 9.31. The summed E-state index contributed by atoms with van der Waals surface area (Å²) in [5.41, 5.74) is 0.359. The maximum Gasteiger partial charge on any atom is 0.323 e. The molecule has 2 aromatic rings. The first-order chi connectivity index (χ1) is 13.0. The van der Waals surface area contributed by atoms with Crippen molar-refractivity contribution in [3.63, 3.8) is 0 Å². The standard InChI is InChI=1S/C18H28N4O5S/c1-18(2,3)27-12-13(23)11-21-6-8-22(9-7-21)28(25,26)14-4-5-15-16(10-14)20-17(24)19-15/h4-5,10,13,23H,6-9,11-12H2,1-3H3,(H2,19,20,24)/t13-/m0/s1. The van der Waals surface area contributed by atoms with E-state index < -0.39 is 16.1 Å². The number of benzene rings is 1. The van der Waals surface area contributed by atoms with E-state index >= 15 is 0 Å². The second-order valence-corrected chi connectivity index (χ2v) is 10.0. The number of β-amino-alcohol motifs (C(OH)–C–C–N with tert-alkyl or cyclic N) is 1. The number of aromatic amines is 2. The van der Waals surface area contributed by atoms with Crippen LogP contribution in [0.5, 0.6) is 0 Å². The van der Waals surface area contributed by atoms with Crippen LogP contribution < -0.4 is 5.69 Å². The highest BCUT2D eigenvalue weighted by molar-refractivity contribution is 7.89. The number of ether oxygens (including phenoxy) is 1. The predicted molar refractivity (Wildman–Crippen MR) is 106 cm³/mol. The van der Waals surface area contributed by atoms with Crippen LogP contribution in [0.3, 0.4) is 0 Å². The van der Waals surface area contributed by atoms with E-state index in [-0.39, 0.29) is 22.8 Å². The molecule has 1 saturated heterocycles.